The molecule has 5 heteroatoms. The van der Waals surface area contributed by atoms with E-state index in [0.29, 0.717) is 18.2 Å². The van der Waals surface area contributed by atoms with E-state index >= 15 is 0 Å². The van der Waals surface area contributed by atoms with Crippen molar-refractivity contribution < 1.29 is 9.32 Å². The van der Waals surface area contributed by atoms with Gasteiger partial charge in [0.2, 0.25) is 0 Å². The highest BCUT2D eigenvalue weighted by Crippen LogP contribution is 2.40. The van der Waals surface area contributed by atoms with Gasteiger partial charge in [-0.2, -0.15) is 0 Å². The van der Waals surface area contributed by atoms with Crippen LogP contribution in [-0.4, -0.2) is 11.1 Å². The smallest absolute Gasteiger partial charge is 0.277 e. The lowest BCUT2D eigenvalue weighted by Gasteiger charge is -2.10. The standard InChI is InChI=1S/C16H19N3O2/c1-2-11-7-10(9-17)3-6-13(11)18-16(20)14-8-15(21-19-14)12-4-5-12/h3,6-8,12H,2,4-5,9,17H2,1H3,(H,18,20). The average Bonchev–Trinajstić information content (AvgIpc) is 3.24. The van der Waals surface area contributed by atoms with Crippen LogP contribution < -0.4 is 11.1 Å². The molecule has 0 atom stereocenters. The summed E-state index contributed by atoms with van der Waals surface area (Å²) in [5.74, 6) is 1.03. The minimum absolute atomic E-state index is 0.235. The van der Waals surface area contributed by atoms with Crippen LogP contribution in [0.1, 0.15) is 53.1 Å². The molecule has 0 aliphatic heterocycles. The van der Waals surface area contributed by atoms with Gasteiger partial charge in [-0.25, -0.2) is 0 Å². The predicted molar refractivity (Wildman–Crippen MR) is 80.1 cm³/mol. The number of amides is 1. The van der Waals surface area contributed by atoms with E-state index in [9.17, 15) is 4.79 Å². The molecule has 3 N–H and O–H groups in total. The summed E-state index contributed by atoms with van der Waals surface area (Å²) in [5.41, 5.74) is 8.90. The molecule has 1 heterocycles. The first-order chi connectivity index (χ1) is 10.2. The van der Waals surface area contributed by atoms with Gasteiger partial charge in [0, 0.05) is 24.2 Å². The van der Waals surface area contributed by atoms with Crippen LogP contribution in [-0.2, 0) is 13.0 Å². The van der Waals surface area contributed by atoms with Gasteiger partial charge in [-0.1, -0.05) is 24.2 Å². The first-order valence-corrected chi connectivity index (χ1v) is 7.31. The molecule has 2 aromatic rings. The summed E-state index contributed by atoms with van der Waals surface area (Å²) in [6.45, 7) is 2.54. The van der Waals surface area contributed by atoms with Gasteiger partial charge in [-0.05, 0) is 36.5 Å². The van der Waals surface area contributed by atoms with Crippen LogP contribution >= 0.6 is 0 Å². The highest BCUT2D eigenvalue weighted by molar-refractivity contribution is 6.03. The third-order valence-electron chi connectivity index (χ3n) is 3.78. The van der Waals surface area contributed by atoms with E-state index in [1.807, 2.05) is 25.1 Å². The van der Waals surface area contributed by atoms with Gasteiger partial charge in [-0.15, -0.1) is 0 Å². The van der Waals surface area contributed by atoms with Crippen molar-refractivity contribution in [2.45, 2.75) is 38.6 Å². The predicted octanol–water partition coefficient (Wildman–Crippen LogP) is 2.83. The molecule has 0 saturated heterocycles. The molecular weight excluding hydrogens is 266 g/mol. The Hall–Kier alpha value is -2.14. The Morgan fingerprint density at radius 2 is 2.24 bits per heavy atom. The maximum atomic E-state index is 12.2. The molecule has 0 unspecified atom stereocenters. The Labute approximate surface area is 123 Å². The molecular formula is C16H19N3O2. The van der Waals surface area contributed by atoms with Gasteiger partial charge in [0.25, 0.3) is 5.91 Å². The number of carbonyl (C=O) groups excluding carboxylic acids is 1. The van der Waals surface area contributed by atoms with Crippen LogP contribution in [0.25, 0.3) is 0 Å². The highest BCUT2D eigenvalue weighted by atomic mass is 16.5. The fraction of sp³-hybridized carbons (Fsp3) is 0.375. The van der Waals surface area contributed by atoms with Crippen molar-refractivity contribution in [3.8, 4) is 0 Å². The molecule has 1 aliphatic rings. The van der Waals surface area contributed by atoms with Gasteiger partial charge >= 0.3 is 0 Å². The molecule has 110 valence electrons. The summed E-state index contributed by atoms with van der Waals surface area (Å²) >= 11 is 0. The molecule has 1 amide bonds. The largest absolute Gasteiger partial charge is 0.360 e. The molecule has 1 aromatic heterocycles. The maximum absolute atomic E-state index is 12.2. The Morgan fingerprint density at radius 1 is 1.43 bits per heavy atom. The normalized spacial score (nSPS) is 14.2. The number of nitrogens with two attached hydrogens (primary N) is 1. The molecule has 1 saturated carbocycles. The second-order valence-corrected chi connectivity index (χ2v) is 5.39. The van der Waals surface area contributed by atoms with Gasteiger partial charge in [0.1, 0.15) is 5.76 Å². The summed E-state index contributed by atoms with van der Waals surface area (Å²) in [7, 11) is 0. The molecule has 21 heavy (non-hydrogen) atoms. The van der Waals surface area contributed by atoms with E-state index in [1.54, 1.807) is 6.07 Å². The number of carbonyl (C=O) groups is 1. The number of nitrogens with zero attached hydrogens (tertiary/aromatic N) is 1. The van der Waals surface area contributed by atoms with Crippen LogP contribution in [0.3, 0.4) is 0 Å². The van der Waals surface area contributed by atoms with Crippen LogP contribution in [0.2, 0.25) is 0 Å². The monoisotopic (exact) mass is 285 g/mol. The fourth-order valence-corrected chi connectivity index (χ4v) is 2.33. The van der Waals surface area contributed by atoms with Crippen molar-refractivity contribution in [2.75, 3.05) is 5.32 Å². The van der Waals surface area contributed by atoms with Crippen molar-refractivity contribution in [1.29, 1.82) is 0 Å². The minimum Gasteiger partial charge on any atom is -0.360 e. The Bertz CT molecular complexity index is 659. The number of aromatic nitrogens is 1. The number of aryl methyl sites for hydroxylation is 1. The van der Waals surface area contributed by atoms with Crippen LogP contribution in [0, 0.1) is 0 Å². The lowest BCUT2D eigenvalue weighted by atomic mass is 10.1. The Balaban J connectivity index is 1.76. The number of anilines is 1. The van der Waals surface area contributed by atoms with Crippen LogP contribution in [0.5, 0.6) is 0 Å². The summed E-state index contributed by atoms with van der Waals surface area (Å²) in [6, 6.07) is 7.58. The SMILES string of the molecule is CCc1cc(CN)ccc1NC(=O)c1cc(C2CC2)on1. The summed E-state index contributed by atoms with van der Waals surface area (Å²) in [6.07, 6.45) is 3.07. The van der Waals surface area contributed by atoms with Gasteiger partial charge in [0.05, 0.1) is 0 Å². The van der Waals surface area contributed by atoms with Crippen LogP contribution in [0.15, 0.2) is 28.8 Å². The van der Waals surface area contributed by atoms with Crippen molar-refractivity contribution in [3.63, 3.8) is 0 Å². The summed E-state index contributed by atoms with van der Waals surface area (Å²) in [5, 5.41) is 6.76. The number of hydrogen-bond donors (Lipinski definition) is 2. The number of nitrogens with one attached hydrogen (secondary N) is 1. The molecule has 1 aliphatic carbocycles. The van der Waals surface area contributed by atoms with E-state index in [1.165, 1.54) is 0 Å². The van der Waals surface area contributed by atoms with Crippen molar-refractivity contribution in [2.24, 2.45) is 5.73 Å². The molecule has 0 bridgehead atoms. The van der Waals surface area contributed by atoms with E-state index in [4.69, 9.17) is 10.3 Å². The quantitative estimate of drug-likeness (QED) is 0.885. The maximum Gasteiger partial charge on any atom is 0.277 e. The van der Waals surface area contributed by atoms with Gasteiger partial charge in [-0.3, -0.25) is 4.79 Å². The second-order valence-electron chi connectivity index (χ2n) is 5.39. The zero-order chi connectivity index (χ0) is 14.8. The van der Waals surface area contributed by atoms with E-state index in [-0.39, 0.29) is 5.91 Å². The number of benzene rings is 1. The lowest BCUT2D eigenvalue weighted by Crippen LogP contribution is -2.14. The van der Waals surface area contributed by atoms with Gasteiger partial charge < -0.3 is 15.6 Å². The summed E-state index contributed by atoms with van der Waals surface area (Å²) in [4.78, 5) is 12.2. The molecule has 1 aromatic carbocycles. The molecule has 3 rings (SSSR count). The molecule has 0 spiro atoms. The highest BCUT2D eigenvalue weighted by Gasteiger charge is 2.28. The number of hydrogen-bond acceptors (Lipinski definition) is 4. The van der Waals surface area contributed by atoms with E-state index in [0.717, 1.165) is 41.8 Å². The van der Waals surface area contributed by atoms with Gasteiger partial charge in [0.15, 0.2) is 5.69 Å². The zero-order valence-electron chi connectivity index (χ0n) is 12.1. The average molecular weight is 285 g/mol. The minimum atomic E-state index is -0.235. The topological polar surface area (TPSA) is 81.1 Å². The van der Waals surface area contributed by atoms with Crippen molar-refractivity contribution in [1.82, 2.24) is 5.16 Å². The first-order valence-electron chi connectivity index (χ1n) is 7.31. The first kappa shape index (κ1) is 13.8. The number of rotatable bonds is 5. The summed E-state index contributed by atoms with van der Waals surface area (Å²) < 4.78 is 5.21. The molecule has 0 radical (unpaired) electrons. The lowest BCUT2D eigenvalue weighted by molar-refractivity contribution is 0.101. The second kappa shape index (κ2) is 5.69. The van der Waals surface area contributed by atoms with Crippen molar-refractivity contribution in [3.05, 3.63) is 46.8 Å². The Morgan fingerprint density at radius 3 is 2.90 bits per heavy atom. The van der Waals surface area contributed by atoms with E-state index < -0.39 is 0 Å². The Kier molecular flexibility index (Phi) is 3.75. The molecule has 1 fully saturated rings. The molecule has 5 nitrogen and oxygen atoms in total. The fourth-order valence-electron chi connectivity index (χ4n) is 2.33. The zero-order valence-corrected chi connectivity index (χ0v) is 12.1. The van der Waals surface area contributed by atoms with Crippen molar-refractivity contribution >= 4 is 11.6 Å². The third kappa shape index (κ3) is 2.97. The third-order valence-corrected chi connectivity index (χ3v) is 3.78. The van der Waals surface area contributed by atoms with E-state index in [2.05, 4.69) is 10.5 Å². The van der Waals surface area contributed by atoms with Crippen LogP contribution in [0.4, 0.5) is 5.69 Å².